The highest BCUT2D eigenvalue weighted by Crippen LogP contribution is 2.33. The number of rotatable bonds is 10. The van der Waals surface area contributed by atoms with Gasteiger partial charge in [-0.25, -0.2) is 0 Å². The van der Waals surface area contributed by atoms with Crippen molar-refractivity contribution in [2.45, 2.75) is 20.4 Å². The second-order valence-electron chi connectivity index (χ2n) is 5.69. The molecule has 2 rings (SSSR count). The van der Waals surface area contributed by atoms with Crippen LogP contribution in [0.15, 0.2) is 48.5 Å². The molecule has 0 aromatic heterocycles. The van der Waals surface area contributed by atoms with Crippen LogP contribution in [0.25, 0.3) is 0 Å². The minimum absolute atomic E-state index is 0.128. The van der Waals surface area contributed by atoms with Crippen molar-refractivity contribution in [3.63, 3.8) is 0 Å². The number of hydrogen-bond acceptors (Lipinski definition) is 5. The molecule has 0 atom stereocenters. The fourth-order valence-electron chi connectivity index (χ4n) is 2.59. The molecule has 2 aromatic rings. The van der Waals surface area contributed by atoms with E-state index in [2.05, 4.69) is 0 Å². The summed E-state index contributed by atoms with van der Waals surface area (Å²) >= 11 is 0. The predicted octanol–water partition coefficient (Wildman–Crippen LogP) is 3.38. The normalized spacial score (nSPS) is 11.2. The highest BCUT2D eigenvalue weighted by molar-refractivity contribution is 7.85. The molecule has 26 heavy (non-hydrogen) atoms. The Balaban J connectivity index is 2.39. The summed E-state index contributed by atoms with van der Waals surface area (Å²) < 4.78 is 43.0. The molecular weight excluding hydrogens is 354 g/mol. The molecule has 6 nitrogen and oxygen atoms in total. The van der Waals surface area contributed by atoms with E-state index in [-0.39, 0.29) is 12.3 Å². The van der Waals surface area contributed by atoms with E-state index in [0.29, 0.717) is 31.3 Å². The lowest BCUT2D eigenvalue weighted by Crippen LogP contribution is -2.29. The zero-order valence-corrected chi connectivity index (χ0v) is 15.9. The molecule has 1 N–H and O–H groups in total. The van der Waals surface area contributed by atoms with Crippen molar-refractivity contribution in [3.05, 3.63) is 54.1 Å². The average Bonchev–Trinajstić information content (AvgIpc) is 2.60. The first-order chi connectivity index (χ1) is 12.4. The van der Waals surface area contributed by atoms with Gasteiger partial charge in [-0.2, -0.15) is 8.42 Å². The first-order valence-corrected chi connectivity index (χ1v) is 10.2. The molecule has 7 heteroatoms. The number of anilines is 1. The van der Waals surface area contributed by atoms with Crippen LogP contribution in [0.2, 0.25) is 0 Å². The summed E-state index contributed by atoms with van der Waals surface area (Å²) in [6.07, 6.45) is 0. The Bertz CT molecular complexity index is 793. The van der Waals surface area contributed by atoms with Crippen LogP contribution in [0.1, 0.15) is 19.4 Å². The quantitative estimate of drug-likeness (QED) is 0.638. The fraction of sp³-hybridized carbons (Fsp3) is 0.368. The number of nitrogens with zero attached hydrogens (tertiary/aromatic N) is 1. The first-order valence-electron chi connectivity index (χ1n) is 8.56. The molecule has 0 heterocycles. The Morgan fingerprint density at radius 3 is 2.31 bits per heavy atom. The largest absolute Gasteiger partial charge is 0.494 e. The molecule has 0 spiro atoms. The molecule has 0 radical (unpaired) electrons. The number of ether oxygens (including phenoxy) is 2. The molecule has 0 aliphatic carbocycles. The van der Waals surface area contributed by atoms with Gasteiger partial charge >= 0.3 is 0 Å². The molecule has 0 saturated heterocycles. The third-order valence-electron chi connectivity index (χ3n) is 3.72. The highest BCUT2D eigenvalue weighted by atomic mass is 32.2. The summed E-state index contributed by atoms with van der Waals surface area (Å²) in [5.41, 5.74) is 1.75. The topological polar surface area (TPSA) is 76.1 Å². The average molecular weight is 379 g/mol. The maximum Gasteiger partial charge on any atom is 0.266 e. The molecule has 0 aliphatic rings. The maximum absolute atomic E-state index is 11.3. The summed E-state index contributed by atoms with van der Waals surface area (Å²) in [4.78, 5) is 1.87. The zero-order chi connectivity index (χ0) is 19.0. The van der Waals surface area contributed by atoms with Crippen LogP contribution in [-0.4, -0.2) is 38.5 Å². The number of benzene rings is 2. The van der Waals surface area contributed by atoms with Crippen LogP contribution >= 0.6 is 0 Å². The van der Waals surface area contributed by atoms with Crippen molar-refractivity contribution >= 4 is 15.8 Å². The Morgan fingerprint density at radius 1 is 1.00 bits per heavy atom. The predicted molar refractivity (Wildman–Crippen MR) is 103 cm³/mol. The summed E-state index contributed by atoms with van der Waals surface area (Å²) in [7, 11) is -4.08. The van der Waals surface area contributed by atoms with Gasteiger partial charge in [0.05, 0.1) is 24.7 Å². The van der Waals surface area contributed by atoms with E-state index in [0.717, 1.165) is 11.3 Å². The van der Waals surface area contributed by atoms with Gasteiger partial charge in [-0.05, 0) is 31.5 Å². The van der Waals surface area contributed by atoms with Crippen molar-refractivity contribution in [2.75, 3.05) is 30.4 Å². The van der Waals surface area contributed by atoms with Gasteiger partial charge in [0.2, 0.25) is 0 Å². The Labute approximate surface area is 155 Å². The zero-order valence-electron chi connectivity index (χ0n) is 15.1. The van der Waals surface area contributed by atoms with Crippen molar-refractivity contribution < 1.29 is 22.4 Å². The van der Waals surface area contributed by atoms with Crippen LogP contribution in [0.4, 0.5) is 5.69 Å². The van der Waals surface area contributed by atoms with E-state index >= 15 is 0 Å². The molecular formula is C19H25NO5S. The molecule has 0 saturated carbocycles. The van der Waals surface area contributed by atoms with Crippen LogP contribution in [-0.2, 0) is 16.7 Å². The van der Waals surface area contributed by atoms with Gasteiger partial charge < -0.3 is 14.4 Å². The highest BCUT2D eigenvalue weighted by Gasteiger charge is 2.17. The molecule has 142 valence electrons. The van der Waals surface area contributed by atoms with Gasteiger partial charge in [-0.1, -0.05) is 30.3 Å². The van der Waals surface area contributed by atoms with Gasteiger partial charge in [0, 0.05) is 19.2 Å². The van der Waals surface area contributed by atoms with E-state index < -0.39 is 10.1 Å². The Hall–Kier alpha value is -2.25. The van der Waals surface area contributed by atoms with Crippen molar-refractivity contribution in [2.24, 2.45) is 0 Å². The van der Waals surface area contributed by atoms with Crippen LogP contribution in [0.5, 0.6) is 11.5 Å². The number of hydrogen-bond donors (Lipinski definition) is 1. The minimum Gasteiger partial charge on any atom is -0.494 e. The lowest BCUT2D eigenvalue weighted by molar-refractivity contribution is 0.330. The maximum atomic E-state index is 11.3. The second-order valence-corrected chi connectivity index (χ2v) is 7.26. The van der Waals surface area contributed by atoms with Gasteiger partial charge in [0.25, 0.3) is 10.1 Å². The van der Waals surface area contributed by atoms with E-state index in [1.165, 1.54) is 0 Å². The molecule has 0 fully saturated rings. The fourth-order valence-corrected chi connectivity index (χ4v) is 3.04. The third kappa shape index (κ3) is 6.24. The van der Waals surface area contributed by atoms with Gasteiger partial charge in [-0.15, -0.1) is 0 Å². The van der Waals surface area contributed by atoms with E-state index in [9.17, 15) is 13.0 Å². The van der Waals surface area contributed by atoms with E-state index in [4.69, 9.17) is 9.47 Å². The second kappa shape index (κ2) is 9.45. The van der Waals surface area contributed by atoms with Crippen LogP contribution in [0.3, 0.4) is 0 Å². The van der Waals surface area contributed by atoms with Crippen LogP contribution < -0.4 is 14.4 Å². The van der Waals surface area contributed by atoms with Gasteiger partial charge in [0.1, 0.15) is 11.5 Å². The summed E-state index contributed by atoms with van der Waals surface area (Å²) in [5, 5.41) is 0. The SMILES string of the molecule is CCOc1ccc(OCC)c(N(CCS(=O)(=O)O)Cc2ccccc2)c1. The molecule has 0 amide bonds. The van der Waals surface area contributed by atoms with Crippen molar-refractivity contribution in [1.29, 1.82) is 0 Å². The van der Waals surface area contributed by atoms with Crippen molar-refractivity contribution in [3.8, 4) is 11.5 Å². The lowest BCUT2D eigenvalue weighted by Gasteiger charge is -2.27. The minimum atomic E-state index is -4.08. The smallest absolute Gasteiger partial charge is 0.266 e. The van der Waals surface area contributed by atoms with Crippen LogP contribution in [0, 0.1) is 0 Å². The Morgan fingerprint density at radius 2 is 1.69 bits per heavy atom. The lowest BCUT2D eigenvalue weighted by atomic mass is 10.2. The summed E-state index contributed by atoms with van der Waals surface area (Å²) in [6, 6.07) is 15.2. The molecule has 0 aliphatic heterocycles. The standard InChI is InChI=1S/C19H25NO5S/c1-3-24-17-10-11-19(25-4-2)18(14-17)20(12-13-26(21,22)23)15-16-8-6-5-7-9-16/h5-11,14H,3-4,12-13,15H2,1-2H3,(H,21,22,23). The summed E-state index contributed by atoms with van der Waals surface area (Å²) in [6.45, 7) is 5.40. The third-order valence-corrected chi connectivity index (χ3v) is 4.42. The molecule has 2 aromatic carbocycles. The first kappa shape index (κ1) is 20.1. The Kier molecular flexibility index (Phi) is 7.29. The van der Waals surface area contributed by atoms with E-state index in [1.807, 2.05) is 67.3 Å². The summed E-state index contributed by atoms with van der Waals surface area (Å²) in [5.74, 6) is 0.947. The molecule has 0 bridgehead atoms. The van der Waals surface area contributed by atoms with E-state index in [1.54, 1.807) is 0 Å². The molecule has 0 unspecified atom stereocenters. The van der Waals surface area contributed by atoms with Gasteiger partial charge in [-0.3, -0.25) is 4.55 Å². The van der Waals surface area contributed by atoms with Crippen molar-refractivity contribution in [1.82, 2.24) is 0 Å². The van der Waals surface area contributed by atoms with Gasteiger partial charge in [0.15, 0.2) is 0 Å². The monoisotopic (exact) mass is 379 g/mol.